The lowest BCUT2D eigenvalue weighted by Gasteiger charge is -2.24. The molecule has 0 saturated carbocycles. The van der Waals surface area contributed by atoms with Crippen molar-refractivity contribution in [3.63, 3.8) is 0 Å². The van der Waals surface area contributed by atoms with Crippen molar-refractivity contribution in [3.8, 4) is 0 Å². The first-order valence-electron chi connectivity index (χ1n) is 11.9. The van der Waals surface area contributed by atoms with Crippen LogP contribution in [0, 0.1) is 12.8 Å². The van der Waals surface area contributed by atoms with Gasteiger partial charge in [-0.3, -0.25) is 5.32 Å². The average Bonchev–Trinajstić information content (AvgIpc) is 3.22. The number of aromatic nitrogens is 1. The zero-order chi connectivity index (χ0) is 24.6. The Hall–Kier alpha value is -3.83. The van der Waals surface area contributed by atoms with E-state index in [0.29, 0.717) is 0 Å². The van der Waals surface area contributed by atoms with Crippen LogP contribution in [0.25, 0.3) is 10.9 Å². The smallest absolute Gasteiger partial charge is 0.409 e. The molecular weight excluding hydrogens is 436 g/mol. The van der Waals surface area contributed by atoms with E-state index in [1.165, 1.54) is 16.5 Å². The lowest BCUT2D eigenvalue weighted by molar-refractivity contribution is 0.0853. The highest BCUT2D eigenvalue weighted by Gasteiger charge is 2.25. The molecule has 0 fully saturated rings. The molecule has 5 heteroatoms. The molecular formula is C30H32N2O3. The van der Waals surface area contributed by atoms with E-state index in [1.54, 1.807) is 7.11 Å². The molecule has 2 N–H and O–H groups in total. The summed E-state index contributed by atoms with van der Waals surface area (Å²) in [6.07, 6.45) is 2.87. The van der Waals surface area contributed by atoms with Gasteiger partial charge in [-0.15, -0.1) is 0 Å². The Labute approximate surface area is 206 Å². The fourth-order valence-corrected chi connectivity index (χ4v) is 4.55. The molecule has 5 nitrogen and oxygen atoms in total. The Kier molecular flexibility index (Phi) is 8.01. The number of amides is 1. The third-order valence-electron chi connectivity index (χ3n) is 6.26. The molecule has 0 saturated heterocycles. The number of alkyl carbamates (subject to hydrolysis) is 1. The number of ether oxygens (including phenoxy) is 2. The predicted molar refractivity (Wildman–Crippen MR) is 140 cm³/mol. The minimum atomic E-state index is -0.596. The van der Waals surface area contributed by atoms with Crippen LogP contribution in [0.5, 0.6) is 0 Å². The molecule has 1 amide bonds. The maximum Gasteiger partial charge on any atom is 0.409 e. The first-order valence-corrected chi connectivity index (χ1v) is 11.9. The summed E-state index contributed by atoms with van der Waals surface area (Å²) in [5, 5.41) is 4.00. The summed E-state index contributed by atoms with van der Waals surface area (Å²) in [6.45, 7) is 4.53. The van der Waals surface area contributed by atoms with Gasteiger partial charge in [0.2, 0.25) is 0 Å². The molecule has 0 spiro atoms. The number of aryl methyl sites for hydroxylation is 1. The topological polar surface area (TPSA) is 63.3 Å². The fourth-order valence-electron chi connectivity index (χ4n) is 4.55. The number of carbonyl (C=O) groups is 1. The lowest BCUT2D eigenvalue weighted by Crippen LogP contribution is -2.35. The van der Waals surface area contributed by atoms with Gasteiger partial charge in [0.15, 0.2) is 6.23 Å². The number of rotatable bonds is 9. The van der Waals surface area contributed by atoms with Gasteiger partial charge in [0.05, 0.1) is 0 Å². The van der Waals surface area contributed by atoms with E-state index < -0.39 is 12.3 Å². The summed E-state index contributed by atoms with van der Waals surface area (Å²) >= 11 is 0. The molecule has 3 atom stereocenters. The molecule has 3 aromatic carbocycles. The quantitative estimate of drug-likeness (QED) is 0.212. The number of hydrogen-bond donors (Lipinski definition) is 2. The Bertz CT molecular complexity index is 1260. The summed E-state index contributed by atoms with van der Waals surface area (Å²) in [5.41, 5.74) is 5.75. The minimum absolute atomic E-state index is 0.131. The number of methoxy groups -OCH3 is 1. The van der Waals surface area contributed by atoms with Gasteiger partial charge >= 0.3 is 6.09 Å². The van der Waals surface area contributed by atoms with Crippen LogP contribution in [0.15, 0.2) is 97.1 Å². The summed E-state index contributed by atoms with van der Waals surface area (Å²) in [4.78, 5) is 15.9. The Morgan fingerprint density at radius 2 is 1.60 bits per heavy atom. The van der Waals surface area contributed by atoms with Crippen LogP contribution in [0.3, 0.4) is 0 Å². The number of para-hydroxylation sites is 1. The normalized spacial score (nSPS) is 14.0. The highest BCUT2D eigenvalue weighted by atomic mass is 16.6. The van der Waals surface area contributed by atoms with Gasteiger partial charge in [0, 0.05) is 29.6 Å². The number of fused-ring (bicyclic) bond motifs is 1. The summed E-state index contributed by atoms with van der Waals surface area (Å²) < 4.78 is 10.8. The van der Waals surface area contributed by atoms with E-state index in [4.69, 9.17) is 9.47 Å². The van der Waals surface area contributed by atoms with Crippen LogP contribution in [0.2, 0.25) is 0 Å². The van der Waals surface area contributed by atoms with Gasteiger partial charge in [-0.2, -0.15) is 0 Å². The number of carbonyl (C=O) groups excluding carboxylic acids is 1. The second-order valence-corrected chi connectivity index (χ2v) is 8.70. The molecule has 0 aliphatic carbocycles. The zero-order valence-electron chi connectivity index (χ0n) is 20.4. The molecule has 1 unspecified atom stereocenters. The van der Waals surface area contributed by atoms with Crippen molar-refractivity contribution in [3.05, 3.63) is 119 Å². The lowest BCUT2D eigenvalue weighted by atomic mass is 9.80. The van der Waals surface area contributed by atoms with Crippen molar-refractivity contribution in [1.82, 2.24) is 10.3 Å². The van der Waals surface area contributed by atoms with Crippen molar-refractivity contribution >= 4 is 17.0 Å². The monoisotopic (exact) mass is 468 g/mol. The van der Waals surface area contributed by atoms with Gasteiger partial charge in [-0.25, -0.2) is 4.79 Å². The minimum Gasteiger partial charge on any atom is -0.445 e. The standard InChI is InChI=1S/C30H32N2O3/c1-21(18-19-27(34-3)32-30(33)35-20-23-12-6-4-7-13-23)28(24-14-8-5-9-15-24)29-22(2)31-26-17-11-10-16-25(26)29/h4-19,21,27-28,31H,20H2,1-3H3,(H,32,33)/b19-18+/t21-,27?,28-/m1/s1. The Balaban J connectivity index is 1.52. The second-order valence-electron chi connectivity index (χ2n) is 8.70. The first-order chi connectivity index (χ1) is 17.1. The third-order valence-corrected chi connectivity index (χ3v) is 6.26. The van der Waals surface area contributed by atoms with Gasteiger partial charge in [-0.1, -0.05) is 91.9 Å². The molecule has 1 aromatic heterocycles. The van der Waals surface area contributed by atoms with Crippen LogP contribution in [-0.2, 0) is 16.1 Å². The second kappa shape index (κ2) is 11.5. The van der Waals surface area contributed by atoms with E-state index in [0.717, 1.165) is 16.8 Å². The number of hydrogen-bond acceptors (Lipinski definition) is 3. The number of nitrogens with one attached hydrogen (secondary N) is 2. The number of aromatic amines is 1. The first kappa shape index (κ1) is 24.3. The highest BCUT2D eigenvalue weighted by Crippen LogP contribution is 2.39. The van der Waals surface area contributed by atoms with Crippen LogP contribution >= 0.6 is 0 Å². The van der Waals surface area contributed by atoms with Crippen LogP contribution in [0.1, 0.15) is 35.2 Å². The van der Waals surface area contributed by atoms with E-state index in [2.05, 4.69) is 78.8 Å². The SMILES string of the molecule is COC(/C=C/[C@@H](C)[C@H](c1ccccc1)c1c(C)[nH]c2ccccc12)NC(=O)OCc1ccccc1. The molecule has 180 valence electrons. The number of allylic oxidation sites excluding steroid dienone is 1. The summed E-state index contributed by atoms with van der Waals surface area (Å²) in [7, 11) is 1.57. The van der Waals surface area contributed by atoms with Crippen molar-refractivity contribution in [1.29, 1.82) is 0 Å². The van der Waals surface area contributed by atoms with Gasteiger partial charge in [-0.05, 0) is 41.7 Å². The van der Waals surface area contributed by atoms with Crippen LogP contribution in [0.4, 0.5) is 4.79 Å². The fraction of sp³-hybridized carbons (Fsp3) is 0.233. The largest absolute Gasteiger partial charge is 0.445 e. The Morgan fingerprint density at radius 3 is 2.31 bits per heavy atom. The maximum absolute atomic E-state index is 12.3. The molecule has 0 aliphatic heterocycles. The summed E-state index contributed by atoms with van der Waals surface area (Å²) in [5.74, 6) is 0.265. The van der Waals surface area contributed by atoms with Crippen molar-refractivity contribution in [2.24, 2.45) is 5.92 Å². The van der Waals surface area contributed by atoms with Crippen molar-refractivity contribution in [2.75, 3.05) is 7.11 Å². The number of benzene rings is 3. The Morgan fingerprint density at radius 1 is 0.943 bits per heavy atom. The van der Waals surface area contributed by atoms with Crippen molar-refractivity contribution in [2.45, 2.75) is 32.6 Å². The van der Waals surface area contributed by atoms with E-state index >= 15 is 0 Å². The molecule has 4 rings (SSSR count). The van der Waals surface area contributed by atoms with Gasteiger partial charge in [0.1, 0.15) is 6.61 Å². The van der Waals surface area contributed by atoms with E-state index in [9.17, 15) is 4.79 Å². The van der Waals surface area contributed by atoms with E-state index in [1.807, 2.05) is 42.5 Å². The average molecular weight is 469 g/mol. The van der Waals surface area contributed by atoms with Gasteiger partial charge < -0.3 is 14.5 Å². The molecule has 4 aromatic rings. The van der Waals surface area contributed by atoms with Gasteiger partial charge in [0.25, 0.3) is 0 Å². The van der Waals surface area contributed by atoms with Crippen LogP contribution < -0.4 is 5.32 Å². The van der Waals surface area contributed by atoms with Crippen LogP contribution in [-0.4, -0.2) is 24.4 Å². The maximum atomic E-state index is 12.3. The van der Waals surface area contributed by atoms with E-state index in [-0.39, 0.29) is 18.4 Å². The third kappa shape index (κ3) is 6.00. The highest BCUT2D eigenvalue weighted by molar-refractivity contribution is 5.85. The molecule has 1 heterocycles. The molecule has 0 aliphatic rings. The molecule has 35 heavy (non-hydrogen) atoms. The van der Waals surface area contributed by atoms with Crippen molar-refractivity contribution < 1.29 is 14.3 Å². The summed E-state index contributed by atoms with van der Waals surface area (Å²) in [6, 6.07) is 28.5. The molecule has 0 bridgehead atoms. The zero-order valence-corrected chi connectivity index (χ0v) is 20.4. The molecule has 0 radical (unpaired) electrons. The predicted octanol–water partition coefficient (Wildman–Crippen LogP) is 6.70. The number of H-pyrrole nitrogens is 1.